The first-order valence-corrected chi connectivity index (χ1v) is 11.0. The van der Waals surface area contributed by atoms with Gasteiger partial charge in [-0.25, -0.2) is 13.2 Å². The molecule has 0 saturated heterocycles. The molecular weight excluding hydrogens is 440 g/mol. The number of hydrogen-bond donors (Lipinski definition) is 0. The number of amidine groups is 1. The zero-order valence-electron chi connectivity index (χ0n) is 13.4. The number of benzene rings is 2. The number of rotatable bonds is 3. The van der Waals surface area contributed by atoms with E-state index in [2.05, 4.69) is 20.3 Å². The van der Waals surface area contributed by atoms with Crippen LogP contribution in [0.1, 0.15) is 15.9 Å². The molecule has 0 atom stereocenters. The van der Waals surface area contributed by atoms with Crippen LogP contribution in [0.3, 0.4) is 0 Å². The Balaban J connectivity index is 1.52. The molecule has 2 aliphatic heterocycles. The van der Waals surface area contributed by atoms with Crippen molar-refractivity contribution >= 4 is 54.5 Å². The molecule has 6 nitrogen and oxygen atoms in total. The smallest absolute Gasteiger partial charge is 0.338 e. The first-order valence-electron chi connectivity index (χ1n) is 7.75. The molecule has 134 valence electrons. The molecule has 0 amide bonds. The van der Waals surface area contributed by atoms with E-state index in [9.17, 15) is 13.2 Å². The SMILES string of the molecule is O=C(OCc1ccccc1Br)c1ccc2c(c1)SC1=NS(=O)(=O)CCN12. The van der Waals surface area contributed by atoms with Crippen molar-refractivity contribution in [3.8, 4) is 0 Å². The molecule has 0 saturated carbocycles. The van der Waals surface area contributed by atoms with E-state index < -0.39 is 16.0 Å². The summed E-state index contributed by atoms with van der Waals surface area (Å²) in [6.07, 6.45) is 0. The normalized spacial score (nSPS) is 17.3. The van der Waals surface area contributed by atoms with Crippen LogP contribution in [-0.2, 0) is 21.4 Å². The zero-order chi connectivity index (χ0) is 18.3. The molecular formula is C17H13BrN2O4S2. The molecule has 9 heteroatoms. The van der Waals surface area contributed by atoms with Gasteiger partial charge in [0.1, 0.15) is 6.61 Å². The second-order valence-corrected chi connectivity index (χ2v) is 9.38. The minimum absolute atomic E-state index is 0.00769. The number of esters is 1. The number of halogens is 1. The van der Waals surface area contributed by atoms with Gasteiger partial charge in [-0.05, 0) is 36.0 Å². The van der Waals surface area contributed by atoms with Gasteiger partial charge in [0, 0.05) is 21.5 Å². The Kier molecular flexibility index (Phi) is 4.54. The molecule has 0 radical (unpaired) electrons. The van der Waals surface area contributed by atoms with Crippen molar-refractivity contribution in [2.75, 3.05) is 17.2 Å². The average Bonchev–Trinajstić information content (AvgIpc) is 2.95. The number of ether oxygens (including phenoxy) is 1. The molecule has 0 aliphatic carbocycles. The molecule has 2 aromatic carbocycles. The Morgan fingerprint density at radius 1 is 1.27 bits per heavy atom. The Bertz CT molecular complexity index is 1040. The van der Waals surface area contributed by atoms with Crippen LogP contribution in [0, 0.1) is 0 Å². The quantitative estimate of drug-likeness (QED) is 0.664. The predicted molar refractivity (Wildman–Crippen MR) is 104 cm³/mol. The average molecular weight is 453 g/mol. The highest BCUT2D eigenvalue weighted by Crippen LogP contribution is 2.42. The van der Waals surface area contributed by atoms with Crippen molar-refractivity contribution in [2.24, 2.45) is 4.40 Å². The summed E-state index contributed by atoms with van der Waals surface area (Å²) >= 11 is 4.68. The minimum atomic E-state index is -3.40. The minimum Gasteiger partial charge on any atom is -0.457 e. The van der Waals surface area contributed by atoms with Crippen LogP contribution >= 0.6 is 27.7 Å². The van der Waals surface area contributed by atoms with Gasteiger partial charge >= 0.3 is 5.97 Å². The van der Waals surface area contributed by atoms with Gasteiger partial charge < -0.3 is 9.64 Å². The third-order valence-corrected chi connectivity index (χ3v) is 7.11. The van der Waals surface area contributed by atoms with Crippen LogP contribution in [-0.4, -0.2) is 31.9 Å². The molecule has 2 aliphatic rings. The van der Waals surface area contributed by atoms with Gasteiger partial charge in [0.15, 0.2) is 5.17 Å². The molecule has 0 unspecified atom stereocenters. The fraction of sp³-hybridized carbons (Fsp3) is 0.176. The summed E-state index contributed by atoms with van der Waals surface area (Å²) in [5.41, 5.74) is 2.17. The molecule has 2 aromatic rings. The molecule has 0 bridgehead atoms. The highest BCUT2D eigenvalue weighted by Gasteiger charge is 2.33. The van der Waals surface area contributed by atoms with Crippen molar-refractivity contribution in [1.29, 1.82) is 0 Å². The van der Waals surface area contributed by atoms with Crippen molar-refractivity contribution in [2.45, 2.75) is 11.5 Å². The first kappa shape index (κ1) is 17.6. The van der Waals surface area contributed by atoms with E-state index >= 15 is 0 Å². The topological polar surface area (TPSA) is 76.0 Å². The van der Waals surface area contributed by atoms with E-state index in [0.717, 1.165) is 20.6 Å². The van der Waals surface area contributed by atoms with Crippen molar-refractivity contribution in [3.63, 3.8) is 0 Å². The fourth-order valence-electron chi connectivity index (χ4n) is 2.70. The standard InChI is InChI=1S/C17H13BrN2O4S2/c18-13-4-2-1-3-12(13)10-24-16(21)11-5-6-14-15(9-11)25-17-19-26(22,23)8-7-20(14)17/h1-6,9H,7-8,10H2. The molecule has 2 heterocycles. The second-order valence-electron chi connectivity index (χ2n) is 5.76. The Hall–Kier alpha value is -1.84. The summed E-state index contributed by atoms with van der Waals surface area (Å²) in [4.78, 5) is 15.0. The lowest BCUT2D eigenvalue weighted by Gasteiger charge is -2.22. The number of sulfonamides is 1. The van der Waals surface area contributed by atoms with Gasteiger partial charge in [0.25, 0.3) is 10.0 Å². The van der Waals surface area contributed by atoms with Crippen LogP contribution in [0.5, 0.6) is 0 Å². The molecule has 0 spiro atoms. The van der Waals surface area contributed by atoms with Gasteiger partial charge in [-0.3, -0.25) is 0 Å². The van der Waals surface area contributed by atoms with Crippen LogP contribution in [0.25, 0.3) is 0 Å². The zero-order valence-corrected chi connectivity index (χ0v) is 16.6. The summed E-state index contributed by atoms with van der Waals surface area (Å²) in [5, 5.41) is 0.435. The van der Waals surface area contributed by atoms with E-state index in [-0.39, 0.29) is 12.4 Å². The molecule has 4 rings (SSSR count). The summed E-state index contributed by atoms with van der Waals surface area (Å²) in [5.74, 6) is -0.435. The fourth-order valence-corrected chi connectivity index (χ4v) is 5.40. The van der Waals surface area contributed by atoms with E-state index in [4.69, 9.17) is 4.74 Å². The van der Waals surface area contributed by atoms with E-state index in [1.165, 1.54) is 11.8 Å². The lowest BCUT2D eigenvalue weighted by Crippen LogP contribution is -2.35. The lowest BCUT2D eigenvalue weighted by molar-refractivity contribution is 0.0471. The van der Waals surface area contributed by atoms with Gasteiger partial charge in [0.05, 0.1) is 17.0 Å². The van der Waals surface area contributed by atoms with Crippen LogP contribution in [0.2, 0.25) is 0 Å². The number of nitrogens with zero attached hydrogens (tertiary/aromatic N) is 2. The van der Waals surface area contributed by atoms with Crippen molar-refractivity contribution in [3.05, 3.63) is 58.1 Å². The maximum atomic E-state index is 12.4. The molecule has 0 fully saturated rings. The highest BCUT2D eigenvalue weighted by molar-refractivity contribution is 9.10. The number of carbonyl (C=O) groups excluding carboxylic acids is 1. The molecule has 0 aromatic heterocycles. The number of anilines is 1. The van der Waals surface area contributed by atoms with Gasteiger partial charge in [0.2, 0.25) is 0 Å². The number of carbonyl (C=O) groups is 1. The Labute approximate surface area is 163 Å². The maximum absolute atomic E-state index is 12.4. The van der Waals surface area contributed by atoms with E-state index in [1.807, 2.05) is 29.2 Å². The first-order chi connectivity index (χ1) is 12.4. The molecule has 26 heavy (non-hydrogen) atoms. The largest absolute Gasteiger partial charge is 0.457 e. The third-order valence-electron chi connectivity index (χ3n) is 4.03. The second kappa shape index (κ2) is 6.71. The summed E-state index contributed by atoms with van der Waals surface area (Å²) in [6, 6.07) is 12.8. The van der Waals surface area contributed by atoms with Crippen molar-refractivity contribution in [1.82, 2.24) is 0 Å². The van der Waals surface area contributed by atoms with Gasteiger partial charge in [-0.15, -0.1) is 4.40 Å². The summed E-state index contributed by atoms with van der Waals surface area (Å²) in [6.45, 7) is 0.536. The predicted octanol–water partition coefficient (Wildman–Crippen LogP) is 3.42. The Morgan fingerprint density at radius 3 is 2.88 bits per heavy atom. The monoisotopic (exact) mass is 452 g/mol. The number of hydrogen-bond acceptors (Lipinski definition) is 6. The van der Waals surface area contributed by atoms with Crippen LogP contribution in [0.15, 0.2) is 56.2 Å². The summed E-state index contributed by atoms with van der Waals surface area (Å²) < 4.78 is 33.4. The summed E-state index contributed by atoms with van der Waals surface area (Å²) in [7, 11) is -3.40. The van der Waals surface area contributed by atoms with Crippen molar-refractivity contribution < 1.29 is 17.9 Å². The third kappa shape index (κ3) is 3.38. The molecule has 0 N–H and O–H groups in total. The van der Waals surface area contributed by atoms with Gasteiger partial charge in [-0.2, -0.15) is 0 Å². The van der Waals surface area contributed by atoms with Gasteiger partial charge in [-0.1, -0.05) is 34.1 Å². The lowest BCUT2D eigenvalue weighted by atomic mass is 10.2. The van der Waals surface area contributed by atoms with E-state index in [0.29, 0.717) is 17.3 Å². The number of fused-ring (bicyclic) bond motifs is 3. The highest BCUT2D eigenvalue weighted by atomic mass is 79.9. The Morgan fingerprint density at radius 2 is 2.08 bits per heavy atom. The van der Waals surface area contributed by atoms with Crippen LogP contribution < -0.4 is 4.90 Å². The van der Waals surface area contributed by atoms with E-state index in [1.54, 1.807) is 18.2 Å². The van der Waals surface area contributed by atoms with Crippen LogP contribution in [0.4, 0.5) is 5.69 Å². The maximum Gasteiger partial charge on any atom is 0.338 e. The number of thioether (sulfide) groups is 1.